The van der Waals surface area contributed by atoms with Gasteiger partial charge in [-0.3, -0.25) is 0 Å². The van der Waals surface area contributed by atoms with Crippen LogP contribution in [0, 0.1) is 5.82 Å². The van der Waals surface area contributed by atoms with Crippen LogP contribution in [0.5, 0.6) is 0 Å². The van der Waals surface area contributed by atoms with E-state index in [9.17, 15) is 4.39 Å². The maximum Gasteiger partial charge on any atom is 0.123 e. The average Bonchev–Trinajstić information content (AvgIpc) is 2.26. The molecule has 84 valence electrons. The van der Waals surface area contributed by atoms with Gasteiger partial charge in [0.1, 0.15) is 5.82 Å². The standard InChI is InChI=1S/C12H18FNO/c1-3-12(8-15)14-9(2)10-4-6-11(13)7-5-10/h4-7,9,12,14-15H,3,8H2,1-2H3/t9-,12+/m0/s1. The predicted octanol–water partition coefficient (Wildman–Crippen LogP) is 2.25. The van der Waals surface area contributed by atoms with E-state index in [4.69, 9.17) is 5.11 Å². The van der Waals surface area contributed by atoms with Crippen molar-refractivity contribution in [2.45, 2.75) is 32.4 Å². The van der Waals surface area contributed by atoms with Crippen molar-refractivity contribution in [3.8, 4) is 0 Å². The molecule has 0 aliphatic rings. The molecule has 1 aromatic rings. The van der Waals surface area contributed by atoms with Gasteiger partial charge < -0.3 is 10.4 Å². The first-order chi connectivity index (χ1) is 7.17. The van der Waals surface area contributed by atoms with E-state index >= 15 is 0 Å². The second kappa shape index (κ2) is 5.83. The minimum absolute atomic E-state index is 0.102. The number of hydrogen-bond acceptors (Lipinski definition) is 2. The highest BCUT2D eigenvalue weighted by molar-refractivity contribution is 5.19. The highest BCUT2D eigenvalue weighted by atomic mass is 19.1. The van der Waals surface area contributed by atoms with Gasteiger partial charge in [0.25, 0.3) is 0 Å². The summed E-state index contributed by atoms with van der Waals surface area (Å²) in [5, 5.41) is 12.3. The van der Waals surface area contributed by atoms with Gasteiger partial charge in [-0.15, -0.1) is 0 Å². The Balaban J connectivity index is 2.60. The zero-order chi connectivity index (χ0) is 11.3. The number of rotatable bonds is 5. The van der Waals surface area contributed by atoms with Gasteiger partial charge in [0.05, 0.1) is 6.61 Å². The Morgan fingerprint density at radius 3 is 2.40 bits per heavy atom. The molecular formula is C12H18FNO. The molecule has 0 saturated heterocycles. The van der Waals surface area contributed by atoms with Crippen LogP contribution in [0.3, 0.4) is 0 Å². The Morgan fingerprint density at radius 2 is 1.93 bits per heavy atom. The normalized spacial score (nSPS) is 14.9. The molecule has 0 aromatic heterocycles. The smallest absolute Gasteiger partial charge is 0.123 e. The molecule has 0 bridgehead atoms. The van der Waals surface area contributed by atoms with Gasteiger partial charge in [0.15, 0.2) is 0 Å². The third-order valence-electron chi connectivity index (χ3n) is 2.57. The number of halogens is 1. The fraction of sp³-hybridized carbons (Fsp3) is 0.500. The largest absolute Gasteiger partial charge is 0.395 e. The van der Waals surface area contributed by atoms with Crippen molar-refractivity contribution < 1.29 is 9.50 Å². The maximum absolute atomic E-state index is 12.7. The minimum atomic E-state index is -0.222. The van der Waals surface area contributed by atoms with Gasteiger partial charge in [0, 0.05) is 12.1 Å². The van der Waals surface area contributed by atoms with Crippen LogP contribution in [0.1, 0.15) is 31.9 Å². The molecule has 0 saturated carbocycles. The minimum Gasteiger partial charge on any atom is -0.395 e. The van der Waals surface area contributed by atoms with Gasteiger partial charge in [0.2, 0.25) is 0 Å². The third kappa shape index (κ3) is 3.61. The third-order valence-corrected chi connectivity index (χ3v) is 2.57. The first-order valence-electron chi connectivity index (χ1n) is 5.29. The molecule has 0 aliphatic heterocycles. The van der Waals surface area contributed by atoms with Crippen LogP contribution in [0.25, 0.3) is 0 Å². The first-order valence-corrected chi connectivity index (χ1v) is 5.29. The molecule has 0 spiro atoms. The van der Waals surface area contributed by atoms with E-state index < -0.39 is 0 Å². The second-order valence-corrected chi connectivity index (χ2v) is 3.73. The number of aliphatic hydroxyl groups is 1. The summed E-state index contributed by atoms with van der Waals surface area (Å²) >= 11 is 0. The van der Waals surface area contributed by atoms with E-state index in [1.165, 1.54) is 12.1 Å². The molecule has 1 aromatic carbocycles. The van der Waals surface area contributed by atoms with Crippen LogP contribution in [0.2, 0.25) is 0 Å². The van der Waals surface area contributed by atoms with Gasteiger partial charge in [-0.2, -0.15) is 0 Å². The molecule has 0 fully saturated rings. The number of aliphatic hydroxyl groups excluding tert-OH is 1. The highest BCUT2D eigenvalue weighted by Gasteiger charge is 2.10. The molecule has 0 amide bonds. The van der Waals surface area contributed by atoms with Crippen molar-refractivity contribution in [1.29, 1.82) is 0 Å². The lowest BCUT2D eigenvalue weighted by atomic mass is 10.1. The van der Waals surface area contributed by atoms with Gasteiger partial charge in [-0.1, -0.05) is 19.1 Å². The van der Waals surface area contributed by atoms with Crippen molar-refractivity contribution in [2.75, 3.05) is 6.61 Å². The van der Waals surface area contributed by atoms with E-state index in [2.05, 4.69) is 5.32 Å². The predicted molar refractivity (Wildman–Crippen MR) is 59.1 cm³/mol. The molecule has 2 atom stereocenters. The van der Waals surface area contributed by atoms with Crippen molar-refractivity contribution >= 4 is 0 Å². The first kappa shape index (κ1) is 12.1. The monoisotopic (exact) mass is 211 g/mol. The Morgan fingerprint density at radius 1 is 1.33 bits per heavy atom. The zero-order valence-electron chi connectivity index (χ0n) is 9.20. The number of benzene rings is 1. The molecule has 0 heterocycles. The number of hydrogen-bond donors (Lipinski definition) is 2. The van der Waals surface area contributed by atoms with Crippen LogP contribution in [0.4, 0.5) is 4.39 Å². The quantitative estimate of drug-likeness (QED) is 0.783. The zero-order valence-corrected chi connectivity index (χ0v) is 9.20. The van der Waals surface area contributed by atoms with Crippen molar-refractivity contribution in [3.05, 3.63) is 35.6 Å². The Hall–Kier alpha value is -0.930. The lowest BCUT2D eigenvalue weighted by Crippen LogP contribution is -2.33. The Kier molecular flexibility index (Phi) is 4.72. The SMILES string of the molecule is CC[C@H](CO)N[C@@H](C)c1ccc(F)cc1. The number of nitrogens with one attached hydrogen (secondary N) is 1. The topological polar surface area (TPSA) is 32.3 Å². The van der Waals surface area contributed by atoms with Gasteiger partial charge in [-0.25, -0.2) is 4.39 Å². The van der Waals surface area contributed by atoms with E-state index in [1.807, 2.05) is 13.8 Å². The summed E-state index contributed by atoms with van der Waals surface area (Å²) < 4.78 is 12.7. The van der Waals surface area contributed by atoms with Crippen molar-refractivity contribution in [3.63, 3.8) is 0 Å². The fourth-order valence-electron chi connectivity index (χ4n) is 1.50. The highest BCUT2D eigenvalue weighted by Crippen LogP contribution is 2.13. The molecule has 0 aliphatic carbocycles. The summed E-state index contributed by atoms with van der Waals surface area (Å²) in [7, 11) is 0. The lowest BCUT2D eigenvalue weighted by Gasteiger charge is -2.20. The van der Waals surface area contributed by atoms with Crippen LogP contribution >= 0.6 is 0 Å². The van der Waals surface area contributed by atoms with Gasteiger partial charge in [-0.05, 0) is 31.0 Å². The summed E-state index contributed by atoms with van der Waals surface area (Å²) in [5.41, 5.74) is 1.03. The Bertz CT molecular complexity index is 282. The fourth-order valence-corrected chi connectivity index (χ4v) is 1.50. The summed E-state index contributed by atoms with van der Waals surface area (Å²) in [6.45, 7) is 4.15. The van der Waals surface area contributed by atoms with Crippen LogP contribution < -0.4 is 5.32 Å². The molecule has 3 heteroatoms. The van der Waals surface area contributed by atoms with Crippen molar-refractivity contribution in [2.24, 2.45) is 0 Å². The maximum atomic E-state index is 12.7. The van der Waals surface area contributed by atoms with E-state index in [1.54, 1.807) is 12.1 Å². The van der Waals surface area contributed by atoms with Crippen LogP contribution in [-0.2, 0) is 0 Å². The molecule has 2 N–H and O–H groups in total. The molecule has 15 heavy (non-hydrogen) atoms. The molecular weight excluding hydrogens is 193 g/mol. The summed E-state index contributed by atoms with van der Waals surface area (Å²) in [6, 6.07) is 6.66. The molecule has 0 radical (unpaired) electrons. The lowest BCUT2D eigenvalue weighted by molar-refractivity contribution is 0.230. The summed E-state index contributed by atoms with van der Waals surface area (Å²) in [5.74, 6) is -0.222. The van der Waals surface area contributed by atoms with Gasteiger partial charge >= 0.3 is 0 Å². The molecule has 0 unspecified atom stereocenters. The summed E-state index contributed by atoms with van der Waals surface area (Å²) in [4.78, 5) is 0. The van der Waals surface area contributed by atoms with Crippen LogP contribution in [-0.4, -0.2) is 17.8 Å². The summed E-state index contributed by atoms with van der Waals surface area (Å²) in [6.07, 6.45) is 0.877. The van der Waals surface area contributed by atoms with E-state index in [-0.39, 0.29) is 24.5 Å². The van der Waals surface area contributed by atoms with E-state index in [0.29, 0.717) is 0 Å². The average molecular weight is 211 g/mol. The Labute approximate surface area is 90.1 Å². The van der Waals surface area contributed by atoms with Crippen LogP contribution in [0.15, 0.2) is 24.3 Å². The molecule has 1 rings (SSSR count). The second-order valence-electron chi connectivity index (χ2n) is 3.73. The molecule has 2 nitrogen and oxygen atoms in total. The van der Waals surface area contributed by atoms with Crippen molar-refractivity contribution in [1.82, 2.24) is 5.32 Å². The van der Waals surface area contributed by atoms with E-state index in [0.717, 1.165) is 12.0 Å².